The molecule has 0 N–H and O–H groups in total. The van der Waals surface area contributed by atoms with Crippen LogP contribution in [0.4, 0.5) is 0 Å². The first-order valence-electron chi connectivity index (χ1n) is 12.1. The van der Waals surface area contributed by atoms with Crippen LogP contribution in [0.2, 0.25) is 0 Å². The van der Waals surface area contributed by atoms with Gasteiger partial charge in [-0.2, -0.15) is 0 Å². The van der Waals surface area contributed by atoms with Gasteiger partial charge >= 0.3 is 0 Å². The lowest BCUT2D eigenvalue weighted by atomic mass is 9.91. The Morgan fingerprint density at radius 2 is 0.765 bits per heavy atom. The molecule has 0 amide bonds. The van der Waals surface area contributed by atoms with E-state index in [1.54, 1.807) is 0 Å². The van der Waals surface area contributed by atoms with E-state index in [2.05, 4.69) is 109 Å². The average molecular weight is 431 g/mol. The molecule has 158 valence electrons. The van der Waals surface area contributed by atoms with Crippen molar-refractivity contribution in [2.75, 3.05) is 0 Å². The Morgan fingerprint density at radius 1 is 0.382 bits per heavy atom. The molecule has 0 bridgehead atoms. The molecule has 34 heavy (non-hydrogen) atoms. The second-order valence-corrected chi connectivity index (χ2v) is 9.84. The first-order valence-corrected chi connectivity index (χ1v) is 12.1. The van der Waals surface area contributed by atoms with Gasteiger partial charge in [-0.15, -0.1) is 0 Å². The molecule has 0 aromatic heterocycles. The van der Waals surface area contributed by atoms with Crippen molar-refractivity contribution in [2.45, 2.75) is 12.8 Å². The van der Waals surface area contributed by atoms with Crippen LogP contribution in [0, 0.1) is 0 Å². The maximum Gasteiger partial charge on any atom is -0.0171 e. The highest BCUT2D eigenvalue weighted by molar-refractivity contribution is 6.11. The Labute approximate surface area is 197 Å². The first-order chi connectivity index (χ1) is 16.8. The minimum atomic E-state index is 1.15. The Bertz CT molecular complexity index is 2000. The second-order valence-electron chi connectivity index (χ2n) is 9.84. The van der Waals surface area contributed by atoms with Gasteiger partial charge in [-0.1, -0.05) is 42.5 Å². The van der Waals surface area contributed by atoms with Gasteiger partial charge in [0.05, 0.1) is 0 Å². The van der Waals surface area contributed by atoms with E-state index >= 15 is 0 Å². The smallest absolute Gasteiger partial charge is 0.0171 e. The van der Waals surface area contributed by atoms with E-state index in [-0.39, 0.29) is 0 Å². The summed E-state index contributed by atoms with van der Waals surface area (Å²) >= 11 is 0. The number of hydrogen-bond acceptors (Lipinski definition) is 0. The van der Waals surface area contributed by atoms with Crippen molar-refractivity contribution in [3.05, 3.63) is 114 Å². The fraction of sp³-hybridized carbons (Fsp3) is 0.0588. The Balaban J connectivity index is 1.38. The largest absolute Gasteiger partial charge is 0.0836 e. The molecule has 0 unspecified atom stereocenters. The molecule has 1 aliphatic carbocycles. The molecule has 7 aromatic rings. The maximum atomic E-state index is 2.40. The standard InChI is InChI=1S/C34H22/c1-2-6-22-10-26-14-30-18-34-20-32-16-28-12-24-8-4-3-7-23(24)11-27(28)15-31(32)19-33(34)17-29(30)13-25(26)9-21(22)5-1/h1-3,5-7,9-20H,4,8H2. The van der Waals surface area contributed by atoms with Crippen LogP contribution in [0.15, 0.2) is 103 Å². The molecule has 0 nitrogen and oxygen atoms in total. The maximum absolute atomic E-state index is 2.40. The molecular formula is C34H22. The number of benzene rings is 7. The highest BCUT2D eigenvalue weighted by Gasteiger charge is 2.09. The molecule has 0 saturated heterocycles. The molecule has 8 rings (SSSR count). The molecular weight excluding hydrogens is 408 g/mol. The van der Waals surface area contributed by atoms with Crippen LogP contribution < -0.4 is 0 Å². The number of hydrogen-bond donors (Lipinski definition) is 0. The monoisotopic (exact) mass is 430 g/mol. The second kappa shape index (κ2) is 6.68. The fourth-order valence-corrected chi connectivity index (χ4v) is 5.88. The summed E-state index contributed by atoms with van der Waals surface area (Å²) in [5, 5.41) is 15.7. The molecule has 0 saturated carbocycles. The Kier molecular flexibility index (Phi) is 3.59. The van der Waals surface area contributed by atoms with Crippen LogP contribution in [-0.4, -0.2) is 0 Å². The predicted octanol–water partition coefficient (Wildman–Crippen LogP) is 9.57. The van der Waals surface area contributed by atoms with Crippen LogP contribution in [0.1, 0.15) is 17.5 Å². The summed E-state index contributed by atoms with van der Waals surface area (Å²) in [4.78, 5) is 0. The number of aryl methyl sites for hydroxylation is 1. The highest BCUT2D eigenvalue weighted by Crippen LogP contribution is 2.34. The molecule has 0 spiro atoms. The van der Waals surface area contributed by atoms with E-state index in [1.807, 2.05) is 0 Å². The summed E-state index contributed by atoms with van der Waals surface area (Å²) in [7, 11) is 0. The summed E-state index contributed by atoms with van der Waals surface area (Å²) in [5.41, 5.74) is 2.85. The Hall–Kier alpha value is -4.16. The van der Waals surface area contributed by atoms with Crippen molar-refractivity contribution < 1.29 is 0 Å². The summed E-state index contributed by atoms with van der Waals surface area (Å²) in [6.45, 7) is 0. The molecule has 0 heteroatoms. The Morgan fingerprint density at radius 3 is 1.24 bits per heavy atom. The molecule has 0 radical (unpaired) electrons. The van der Waals surface area contributed by atoms with E-state index < -0.39 is 0 Å². The van der Waals surface area contributed by atoms with Gasteiger partial charge in [0.1, 0.15) is 0 Å². The van der Waals surface area contributed by atoms with Crippen molar-refractivity contribution in [2.24, 2.45) is 0 Å². The van der Waals surface area contributed by atoms with E-state index in [4.69, 9.17) is 0 Å². The van der Waals surface area contributed by atoms with Crippen molar-refractivity contribution in [3.63, 3.8) is 0 Å². The minimum Gasteiger partial charge on any atom is -0.0836 e. The van der Waals surface area contributed by atoms with Gasteiger partial charge in [0.15, 0.2) is 0 Å². The quantitative estimate of drug-likeness (QED) is 0.210. The molecule has 0 atom stereocenters. The summed E-state index contributed by atoms with van der Waals surface area (Å²) in [6.07, 6.45) is 6.86. The fourth-order valence-electron chi connectivity index (χ4n) is 5.88. The van der Waals surface area contributed by atoms with Crippen LogP contribution in [0.3, 0.4) is 0 Å². The van der Waals surface area contributed by atoms with E-state index in [1.165, 1.54) is 75.8 Å². The summed E-state index contributed by atoms with van der Waals surface area (Å²) in [6, 6.07) is 36.9. The minimum absolute atomic E-state index is 1.15. The zero-order valence-electron chi connectivity index (χ0n) is 18.8. The zero-order valence-corrected chi connectivity index (χ0v) is 18.8. The average Bonchev–Trinajstić information content (AvgIpc) is 2.86. The molecule has 0 heterocycles. The van der Waals surface area contributed by atoms with Gasteiger partial charge in [0.25, 0.3) is 0 Å². The van der Waals surface area contributed by atoms with Gasteiger partial charge in [-0.3, -0.25) is 0 Å². The van der Waals surface area contributed by atoms with Crippen molar-refractivity contribution >= 4 is 70.7 Å². The third-order valence-corrected chi connectivity index (χ3v) is 7.66. The van der Waals surface area contributed by atoms with E-state index in [0.29, 0.717) is 0 Å². The third-order valence-electron chi connectivity index (χ3n) is 7.66. The SMILES string of the molecule is C1=Cc2cc3cc4cc5cc6cc7cc8ccccc8cc7cc6cc5cc4cc3cc2CC1. The number of allylic oxidation sites excluding steroid dienone is 1. The normalized spacial score (nSPS) is 13.5. The molecule has 1 aliphatic rings. The van der Waals surface area contributed by atoms with Crippen LogP contribution in [0.25, 0.3) is 70.7 Å². The van der Waals surface area contributed by atoms with Gasteiger partial charge in [-0.25, -0.2) is 0 Å². The molecule has 0 aliphatic heterocycles. The van der Waals surface area contributed by atoms with E-state index in [9.17, 15) is 0 Å². The summed E-state index contributed by atoms with van der Waals surface area (Å²) < 4.78 is 0. The van der Waals surface area contributed by atoms with Crippen molar-refractivity contribution in [1.82, 2.24) is 0 Å². The van der Waals surface area contributed by atoms with E-state index in [0.717, 1.165) is 12.8 Å². The first kappa shape index (κ1) is 18.3. The van der Waals surface area contributed by atoms with Gasteiger partial charge < -0.3 is 0 Å². The lowest BCUT2D eigenvalue weighted by molar-refractivity contribution is 0.989. The lowest BCUT2D eigenvalue weighted by Gasteiger charge is -2.13. The van der Waals surface area contributed by atoms with Gasteiger partial charge in [0, 0.05) is 0 Å². The topological polar surface area (TPSA) is 0 Å². The molecule has 0 fully saturated rings. The number of rotatable bonds is 0. The predicted molar refractivity (Wildman–Crippen MR) is 149 cm³/mol. The van der Waals surface area contributed by atoms with Crippen LogP contribution >= 0.6 is 0 Å². The third kappa shape index (κ3) is 2.72. The summed E-state index contributed by atoms with van der Waals surface area (Å²) in [5.74, 6) is 0. The lowest BCUT2D eigenvalue weighted by Crippen LogP contribution is -1.94. The zero-order chi connectivity index (χ0) is 22.2. The highest BCUT2D eigenvalue weighted by atomic mass is 14.1. The van der Waals surface area contributed by atoms with Crippen molar-refractivity contribution in [3.8, 4) is 0 Å². The van der Waals surface area contributed by atoms with Gasteiger partial charge in [0.2, 0.25) is 0 Å². The number of fused-ring (bicyclic) bond motifs is 7. The molecule has 7 aromatic carbocycles. The van der Waals surface area contributed by atoms with Crippen LogP contribution in [0.5, 0.6) is 0 Å². The van der Waals surface area contributed by atoms with Gasteiger partial charge in [-0.05, 0) is 155 Å². The van der Waals surface area contributed by atoms with Crippen LogP contribution in [-0.2, 0) is 6.42 Å². The van der Waals surface area contributed by atoms with Crippen molar-refractivity contribution in [1.29, 1.82) is 0 Å².